The van der Waals surface area contributed by atoms with E-state index in [1.165, 1.54) is 6.07 Å². The molecule has 0 spiro atoms. The Bertz CT molecular complexity index is 695. The van der Waals surface area contributed by atoms with Crippen molar-refractivity contribution in [2.45, 2.75) is 0 Å². The van der Waals surface area contributed by atoms with Gasteiger partial charge in [0.1, 0.15) is 10.8 Å². The molecule has 0 bridgehead atoms. The van der Waals surface area contributed by atoms with E-state index >= 15 is 0 Å². The zero-order valence-electron chi connectivity index (χ0n) is 10.7. The average molecular weight is 388 g/mol. The zero-order valence-corrected chi connectivity index (χ0v) is 13.8. The third kappa shape index (κ3) is 6.42. The third-order valence-corrected chi connectivity index (χ3v) is 3.36. The lowest BCUT2D eigenvalue weighted by molar-refractivity contribution is 0.275. The van der Waals surface area contributed by atoms with E-state index < -0.39 is 7.82 Å². The van der Waals surface area contributed by atoms with Crippen LogP contribution in [0.25, 0.3) is 0 Å². The van der Waals surface area contributed by atoms with Gasteiger partial charge >= 0.3 is 7.82 Å². The second-order valence-electron chi connectivity index (χ2n) is 3.76. The number of phenolic OH excluding ortho intramolecular Hbond substituents is 1. The lowest BCUT2D eigenvalue weighted by atomic mass is 10.3. The minimum absolute atomic E-state index is 0.0228. The molecular weight excluding hydrogens is 377 g/mol. The van der Waals surface area contributed by atoms with Crippen LogP contribution in [0, 0.1) is 0 Å². The van der Waals surface area contributed by atoms with E-state index in [0.29, 0.717) is 16.5 Å². The molecule has 4 N–H and O–H groups in total. The number of rotatable bonds is 2. The Morgan fingerprint density at radius 1 is 0.864 bits per heavy atom. The summed E-state index contributed by atoms with van der Waals surface area (Å²) in [7, 11) is -4.64. The number of hydrogen-bond donors (Lipinski definition) is 4. The first-order valence-corrected chi connectivity index (χ1v) is 8.17. The first-order valence-electron chi connectivity index (χ1n) is 5.47. The van der Waals surface area contributed by atoms with E-state index in [-0.39, 0.29) is 15.8 Å². The maximum Gasteiger partial charge on any atom is 0.466 e. The van der Waals surface area contributed by atoms with Crippen LogP contribution >= 0.6 is 42.6 Å². The molecular formula is C12H10Cl3O6P. The molecule has 0 aliphatic rings. The van der Waals surface area contributed by atoms with Crippen molar-refractivity contribution in [1.82, 2.24) is 0 Å². The van der Waals surface area contributed by atoms with Crippen LogP contribution in [0.5, 0.6) is 17.2 Å². The number of para-hydroxylation sites is 2. The lowest BCUT2D eigenvalue weighted by Gasteiger charge is -2.10. The van der Waals surface area contributed by atoms with Gasteiger partial charge in [0.2, 0.25) is 0 Å². The van der Waals surface area contributed by atoms with Crippen LogP contribution in [0.15, 0.2) is 36.4 Å². The summed E-state index contributed by atoms with van der Waals surface area (Å²) >= 11 is 17.7. The van der Waals surface area contributed by atoms with Crippen molar-refractivity contribution in [3.8, 4) is 17.2 Å². The Kier molecular flexibility index (Phi) is 6.97. The summed E-state index contributed by atoms with van der Waals surface area (Å²) in [6.07, 6.45) is 0. The van der Waals surface area contributed by atoms with Gasteiger partial charge in [0.25, 0.3) is 0 Å². The van der Waals surface area contributed by atoms with Crippen molar-refractivity contribution in [2.75, 3.05) is 0 Å². The first kappa shape index (κ1) is 19.1. The summed E-state index contributed by atoms with van der Waals surface area (Å²) in [5, 5.41) is 10.3. The number of hydrogen-bond acceptors (Lipinski definition) is 3. The molecule has 2 aromatic carbocycles. The first-order chi connectivity index (χ1) is 10.1. The molecule has 0 heterocycles. The standard InChI is InChI=1S/C12H7Cl3O2.H3O4P/c13-7-5-6-10(12(15)11(7)14)17-9-4-2-1-3-8(9)16;1-5(2,3)4/h1-6,16H;(H3,1,2,3,4). The fraction of sp³-hybridized carbons (Fsp3) is 0. The number of ether oxygens (including phenoxy) is 1. The zero-order chi connectivity index (χ0) is 16.9. The molecule has 0 unspecified atom stereocenters. The van der Waals surface area contributed by atoms with Gasteiger partial charge in [-0.05, 0) is 24.3 Å². The van der Waals surface area contributed by atoms with E-state index in [1.807, 2.05) is 0 Å². The van der Waals surface area contributed by atoms with Gasteiger partial charge in [0.15, 0.2) is 11.5 Å². The summed E-state index contributed by atoms with van der Waals surface area (Å²) in [4.78, 5) is 21.6. The van der Waals surface area contributed by atoms with Crippen LogP contribution in [0.1, 0.15) is 0 Å². The monoisotopic (exact) mass is 386 g/mol. The molecule has 0 atom stereocenters. The molecule has 2 rings (SSSR count). The molecule has 0 saturated carbocycles. The Morgan fingerprint density at radius 2 is 1.41 bits per heavy atom. The minimum atomic E-state index is -4.64. The van der Waals surface area contributed by atoms with Gasteiger partial charge in [0.05, 0.1) is 10.0 Å². The van der Waals surface area contributed by atoms with Crippen molar-refractivity contribution < 1.29 is 29.1 Å². The van der Waals surface area contributed by atoms with Crippen molar-refractivity contribution >= 4 is 42.6 Å². The van der Waals surface area contributed by atoms with E-state index in [4.69, 9.17) is 58.8 Å². The maximum atomic E-state index is 9.56. The molecule has 120 valence electrons. The molecule has 6 nitrogen and oxygen atoms in total. The Hall–Kier alpha value is -0.980. The van der Waals surface area contributed by atoms with Crippen molar-refractivity contribution in [3.63, 3.8) is 0 Å². The smallest absolute Gasteiger partial charge is 0.466 e. The second kappa shape index (κ2) is 8.04. The molecule has 0 amide bonds. The average Bonchev–Trinajstić information content (AvgIpc) is 2.40. The van der Waals surface area contributed by atoms with Gasteiger partial charge in [-0.1, -0.05) is 46.9 Å². The highest BCUT2D eigenvalue weighted by molar-refractivity contribution is 7.45. The Morgan fingerprint density at radius 3 is 1.95 bits per heavy atom. The van der Waals surface area contributed by atoms with E-state index in [2.05, 4.69) is 0 Å². The molecule has 0 saturated heterocycles. The molecule has 2 aromatic rings. The van der Waals surface area contributed by atoms with Crippen molar-refractivity contribution in [1.29, 1.82) is 0 Å². The fourth-order valence-electron chi connectivity index (χ4n) is 1.25. The number of phosphoric acid groups is 1. The number of aromatic hydroxyl groups is 1. The summed E-state index contributed by atoms with van der Waals surface area (Å²) in [6.45, 7) is 0. The van der Waals surface area contributed by atoms with Crippen LogP contribution in [-0.4, -0.2) is 19.8 Å². The van der Waals surface area contributed by atoms with Crippen LogP contribution in [0.3, 0.4) is 0 Å². The predicted molar refractivity (Wildman–Crippen MR) is 83.9 cm³/mol. The fourth-order valence-corrected chi connectivity index (χ4v) is 1.81. The number of phenols is 1. The topological polar surface area (TPSA) is 107 Å². The molecule has 0 aromatic heterocycles. The Balaban J connectivity index is 0.000000422. The third-order valence-electron chi connectivity index (χ3n) is 2.08. The van der Waals surface area contributed by atoms with E-state index in [0.717, 1.165) is 0 Å². The summed E-state index contributed by atoms with van der Waals surface area (Å²) < 4.78 is 14.3. The van der Waals surface area contributed by atoms with Gasteiger partial charge in [0, 0.05) is 0 Å². The second-order valence-corrected chi connectivity index (χ2v) is 5.95. The molecule has 0 aliphatic carbocycles. The Labute approximate surface area is 140 Å². The van der Waals surface area contributed by atoms with Gasteiger partial charge in [-0.15, -0.1) is 0 Å². The minimum Gasteiger partial charge on any atom is -0.504 e. The molecule has 0 aliphatic heterocycles. The molecule has 10 heteroatoms. The lowest BCUT2D eigenvalue weighted by Crippen LogP contribution is -1.86. The predicted octanol–water partition coefficient (Wildman–Crippen LogP) is 4.22. The molecule has 0 radical (unpaired) electrons. The van der Waals surface area contributed by atoms with Crippen molar-refractivity contribution in [3.05, 3.63) is 51.5 Å². The highest BCUT2D eigenvalue weighted by atomic mass is 35.5. The van der Waals surface area contributed by atoms with Crippen LogP contribution in [0.2, 0.25) is 15.1 Å². The quantitative estimate of drug-likeness (QED) is 0.454. The maximum absolute atomic E-state index is 9.56. The number of halogens is 3. The van der Waals surface area contributed by atoms with Gasteiger partial charge in [-0.2, -0.15) is 0 Å². The van der Waals surface area contributed by atoms with E-state index in [1.54, 1.807) is 30.3 Å². The van der Waals surface area contributed by atoms with Crippen LogP contribution in [-0.2, 0) is 4.57 Å². The highest BCUT2D eigenvalue weighted by Gasteiger charge is 2.11. The normalized spacial score (nSPS) is 10.6. The largest absolute Gasteiger partial charge is 0.504 e. The van der Waals surface area contributed by atoms with E-state index in [9.17, 15) is 5.11 Å². The number of benzene rings is 2. The van der Waals surface area contributed by atoms with Gasteiger partial charge in [-0.3, -0.25) is 0 Å². The van der Waals surface area contributed by atoms with Crippen molar-refractivity contribution in [2.24, 2.45) is 0 Å². The van der Waals surface area contributed by atoms with Crippen LogP contribution in [0.4, 0.5) is 0 Å². The van der Waals surface area contributed by atoms with Gasteiger partial charge < -0.3 is 24.5 Å². The summed E-state index contributed by atoms with van der Waals surface area (Å²) in [5.41, 5.74) is 0. The summed E-state index contributed by atoms with van der Waals surface area (Å²) in [5.74, 6) is 0.657. The van der Waals surface area contributed by atoms with Crippen LogP contribution < -0.4 is 4.74 Å². The highest BCUT2D eigenvalue weighted by Crippen LogP contribution is 2.40. The molecule has 0 fully saturated rings. The summed E-state index contributed by atoms with van der Waals surface area (Å²) in [6, 6.07) is 9.72. The molecule has 22 heavy (non-hydrogen) atoms. The SMILES string of the molecule is O=P(O)(O)O.Oc1ccccc1Oc1ccc(Cl)c(Cl)c1Cl. The van der Waals surface area contributed by atoms with Gasteiger partial charge in [-0.25, -0.2) is 4.57 Å².